The van der Waals surface area contributed by atoms with Gasteiger partial charge >= 0.3 is 0 Å². The lowest BCUT2D eigenvalue weighted by molar-refractivity contribution is -0.384. The van der Waals surface area contributed by atoms with Crippen LogP contribution in [0.15, 0.2) is 73.0 Å². The van der Waals surface area contributed by atoms with Crippen molar-refractivity contribution in [2.75, 3.05) is 6.54 Å². The maximum absolute atomic E-state index is 10.9. The van der Waals surface area contributed by atoms with Crippen molar-refractivity contribution in [2.24, 2.45) is 0 Å². The molecule has 0 bridgehead atoms. The van der Waals surface area contributed by atoms with Crippen molar-refractivity contribution >= 4 is 29.1 Å². The second-order valence-corrected chi connectivity index (χ2v) is 5.68. The van der Waals surface area contributed by atoms with Gasteiger partial charge in [-0.1, -0.05) is 42.0 Å². The Balaban J connectivity index is 2.05. The summed E-state index contributed by atoms with van der Waals surface area (Å²) in [6.45, 7) is 0.726. The number of allylic oxidation sites excluding steroid dienone is 2. The van der Waals surface area contributed by atoms with Gasteiger partial charge < -0.3 is 4.90 Å². The Labute approximate surface area is 145 Å². The first kappa shape index (κ1) is 16.0. The third kappa shape index (κ3) is 3.55. The molecule has 0 amide bonds. The number of nitro groups is 1. The lowest BCUT2D eigenvalue weighted by atomic mass is 10.1. The van der Waals surface area contributed by atoms with E-state index in [1.54, 1.807) is 12.1 Å². The molecule has 0 spiro atoms. The Kier molecular flexibility index (Phi) is 4.77. The van der Waals surface area contributed by atoms with Crippen molar-refractivity contribution in [1.82, 2.24) is 4.90 Å². The minimum atomic E-state index is -0.398. The molecule has 2 aromatic rings. The van der Waals surface area contributed by atoms with E-state index >= 15 is 0 Å². The van der Waals surface area contributed by atoms with E-state index in [4.69, 9.17) is 11.6 Å². The van der Waals surface area contributed by atoms with Crippen LogP contribution >= 0.6 is 11.6 Å². The van der Waals surface area contributed by atoms with Crippen molar-refractivity contribution in [3.05, 3.63) is 99.2 Å². The number of nitro benzene ring substituents is 1. The molecular weight excluding hydrogens is 324 g/mol. The van der Waals surface area contributed by atoms with Crippen LogP contribution in [0.2, 0.25) is 5.02 Å². The molecule has 0 atom stereocenters. The molecule has 2 aromatic carbocycles. The third-order valence-electron chi connectivity index (χ3n) is 3.70. The summed E-state index contributed by atoms with van der Waals surface area (Å²) < 4.78 is 0. The van der Waals surface area contributed by atoms with Crippen LogP contribution < -0.4 is 0 Å². The van der Waals surface area contributed by atoms with Gasteiger partial charge in [0, 0.05) is 35.6 Å². The van der Waals surface area contributed by atoms with E-state index in [0.717, 1.165) is 23.4 Å². The van der Waals surface area contributed by atoms with Crippen molar-refractivity contribution in [3.63, 3.8) is 0 Å². The Hall–Kier alpha value is -2.85. The van der Waals surface area contributed by atoms with E-state index < -0.39 is 4.92 Å². The lowest BCUT2D eigenvalue weighted by Crippen LogP contribution is -2.17. The van der Waals surface area contributed by atoms with Gasteiger partial charge in [-0.3, -0.25) is 10.1 Å². The van der Waals surface area contributed by atoms with Gasteiger partial charge in [0.1, 0.15) is 0 Å². The zero-order valence-electron chi connectivity index (χ0n) is 12.8. The smallest absolute Gasteiger partial charge is 0.269 e. The summed E-state index contributed by atoms with van der Waals surface area (Å²) in [7, 11) is 0. The topological polar surface area (TPSA) is 46.4 Å². The fourth-order valence-corrected chi connectivity index (χ4v) is 2.66. The number of halogens is 1. The average Bonchev–Trinajstić information content (AvgIpc) is 2.62. The number of nitrogens with zero attached hydrogens (tertiary/aromatic N) is 2. The van der Waals surface area contributed by atoms with Crippen molar-refractivity contribution in [1.29, 1.82) is 0 Å². The molecular formula is C19H15ClN2O2. The normalized spacial score (nSPS) is 14.0. The zero-order chi connectivity index (χ0) is 16.9. The third-order valence-corrected chi connectivity index (χ3v) is 4.04. The highest BCUT2D eigenvalue weighted by Crippen LogP contribution is 2.28. The molecule has 1 aliphatic heterocycles. The predicted molar refractivity (Wildman–Crippen MR) is 97.4 cm³/mol. The van der Waals surface area contributed by atoms with Crippen LogP contribution in [-0.4, -0.2) is 16.4 Å². The van der Waals surface area contributed by atoms with Crippen LogP contribution in [-0.2, 0) is 0 Å². The summed E-state index contributed by atoms with van der Waals surface area (Å²) >= 11 is 6.28. The van der Waals surface area contributed by atoms with Gasteiger partial charge in [0.2, 0.25) is 0 Å². The first-order valence-corrected chi connectivity index (χ1v) is 7.84. The number of hydrogen-bond acceptors (Lipinski definition) is 3. The van der Waals surface area contributed by atoms with E-state index in [-0.39, 0.29) is 5.69 Å². The molecule has 0 aromatic heterocycles. The predicted octanol–water partition coefficient (Wildman–Crippen LogP) is 5.13. The van der Waals surface area contributed by atoms with Crippen LogP contribution in [0, 0.1) is 10.1 Å². The molecule has 1 heterocycles. The molecule has 0 saturated carbocycles. The zero-order valence-corrected chi connectivity index (χ0v) is 13.6. The summed E-state index contributed by atoms with van der Waals surface area (Å²) in [5.74, 6) is 0. The van der Waals surface area contributed by atoms with Crippen molar-refractivity contribution in [2.45, 2.75) is 0 Å². The fourth-order valence-electron chi connectivity index (χ4n) is 2.47. The molecule has 0 radical (unpaired) electrons. The minimum Gasteiger partial charge on any atom is -0.344 e. The highest BCUT2D eigenvalue weighted by atomic mass is 35.5. The molecule has 0 N–H and O–H groups in total. The van der Waals surface area contributed by atoms with Crippen LogP contribution in [0.1, 0.15) is 11.1 Å². The van der Waals surface area contributed by atoms with E-state index in [0.29, 0.717) is 5.02 Å². The summed E-state index contributed by atoms with van der Waals surface area (Å²) in [4.78, 5) is 12.5. The Morgan fingerprint density at radius 3 is 2.50 bits per heavy atom. The molecule has 0 saturated heterocycles. The van der Waals surface area contributed by atoms with Gasteiger partial charge in [-0.25, -0.2) is 0 Å². The molecule has 24 heavy (non-hydrogen) atoms. The van der Waals surface area contributed by atoms with Crippen molar-refractivity contribution in [3.8, 4) is 0 Å². The van der Waals surface area contributed by atoms with Gasteiger partial charge in [0.15, 0.2) is 0 Å². The fraction of sp³-hybridized carbons (Fsp3) is 0.0526. The standard InChI is InChI=1S/C19H15ClN2O2/c20-18-7-3-2-6-16(18)14-19(21-12-4-1-5-13-21)15-8-10-17(11-9-15)22(23)24/h1-12,14H,13H2/b19-14-. The number of benzene rings is 2. The largest absolute Gasteiger partial charge is 0.344 e. The van der Waals surface area contributed by atoms with Crippen LogP contribution in [0.4, 0.5) is 5.69 Å². The van der Waals surface area contributed by atoms with E-state index in [2.05, 4.69) is 4.90 Å². The number of hydrogen-bond donors (Lipinski definition) is 0. The van der Waals surface area contributed by atoms with Gasteiger partial charge in [-0.05, 0) is 41.5 Å². The van der Waals surface area contributed by atoms with Gasteiger partial charge in [-0.2, -0.15) is 0 Å². The van der Waals surface area contributed by atoms with Gasteiger partial charge in [-0.15, -0.1) is 0 Å². The Morgan fingerprint density at radius 2 is 1.88 bits per heavy atom. The van der Waals surface area contributed by atoms with Crippen LogP contribution in [0.5, 0.6) is 0 Å². The Morgan fingerprint density at radius 1 is 1.12 bits per heavy atom. The number of non-ortho nitro benzene ring substituents is 1. The van der Waals surface area contributed by atoms with Gasteiger partial charge in [0.25, 0.3) is 5.69 Å². The summed E-state index contributed by atoms with van der Waals surface area (Å²) in [6, 6.07) is 14.1. The SMILES string of the molecule is O=[N+]([O-])c1ccc(/C(=C/c2ccccc2Cl)N2C=CC=CC2)cc1. The maximum atomic E-state index is 10.9. The summed E-state index contributed by atoms with van der Waals surface area (Å²) in [5, 5.41) is 11.5. The molecule has 5 heteroatoms. The molecule has 0 fully saturated rings. The number of rotatable bonds is 4. The first-order valence-electron chi connectivity index (χ1n) is 7.46. The maximum Gasteiger partial charge on any atom is 0.269 e. The molecule has 1 aliphatic rings. The molecule has 120 valence electrons. The van der Waals surface area contributed by atoms with Crippen LogP contribution in [0.3, 0.4) is 0 Å². The second-order valence-electron chi connectivity index (χ2n) is 5.28. The lowest BCUT2D eigenvalue weighted by Gasteiger charge is -2.24. The monoisotopic (exact) mass is 338 g/mol. The quantitative estimate of drug-likeness (QED) is 0.441. The highest BCUT2D eigenvalue weighted by Gasteiger charge is 2.13. The van der Waals surface area contributed by atoms with E-state index in [9.17, 15) is 10.1 Å². The van der Waals surface area contributed by atoms with Gasteiger partial charge in [0.05, 0.1) is 4.92 Å². The molecule has 4 nitrogen and oxygen atoms in total. The average molecular weight is 339 g/mol. The molecule has 0 unspecified atom stereocenters. The summed E-state index contributed by atoms with van der Waals surface area (Å²) in [6.07, 6.45) is 9.96. The Bertz CT molecular complexity index is 839. The van der Waals surface area contributed by atoms with E-state index in [1.165, 1.54) is 12.1 Å². The molecule has 3 rings (SSSR count). The molecule has 0 aliphatic carbocycles. The highest BCUT2D eigenvalue weighted by molar-refractivity contribution is 6.32. The van der Waals surface area contributed by atoms with E-state index in [1.807, 2.05) is 54.8 Å². The van der Waals surface area contributed by atoms with Crippen LogP contribution in [0.25, 0.3) is 11.8 Å². The first-order chi connectivity index (χ1) is 11.6. The minimum absolute atomic E-state index is 0.0740. The van der Waals surface area contributed by atoms with Crippen molar-refractivity contribution < 1.29 is 4.92 Å². The summed E-state index contributed by atoms with van der Waals surface area (Å²) in [5.41, 5.74) is 2.79. The second kappa shape index (κ2) is 7.15.